The molecule has 1 atom stereocenters. The summed E-state index contributed by atoms with van der Waals surface area (Å²) in [5.41, 5.74) is 1.58. The molecule has 30 heavy (non-hydrogen) atoms. The molecule has 1 fully saturated rings. The maximum atomic E-state index is 13.1. The summed E-state index contributed by atoms with van der Waals surface area (Å²) in [4.78, 5) is 28.4. The van der Waals surface area contributed by atoms with E-state index in [1.54, 1.807) is 29.2 Å². The quantitative estimate of drug-likeness (QED) is 0.601. The van der Waals surface area contributed by atoms with Gasteiger partial charge in [-0.05, 0) is 51.0 Å². The standard InChI is InChI=1S/C22H31N5O3/c1-22(2)13-27(16-6-4-5-7-16)18-17(26(3)20(22)30)12-23-21(25-18)24-15-10-8-14(9-11-15)19(28)29/h8-11,16,21,23-25H,4-7,12-13H2,1-3H3,(H,28,29). The Hall–Kier alpha value is -2.74. The SMILES string of the molecule is CN1C(=O)C(C)(C)CN(C2CCCC2)C2=C1CNC(Nc1ccc(C(=O)O)cc1)N2. The normalized spacial score (nSPS) is 24.4. The molecular formula is C22H31N5O3. The van der Waals surface area contributed by atoms with E-state index in [0.29, 0.717) is 19.1 Å². The number of hydrogen-bond acceptors (Lipinski definition) is 6. The third kappa shape index (κ3) is 3.84. The number of carbonyl (C=O) groups excluding carboxylic acids is 1. The van der Waals surface area contributed by atoms with Gasteiger partial charge in [0.2, 0.25) is 5.91 Å². The minimum Gasteiger partial charge on any atom is -0.478 e. The number of nitrogens with zero attached hydrogens (tertiary/aromatic N) is 2. The van der Waals surface area contributed by atoms with Crippen molar-refractivity contribution in [2.45, 2.75) is 51.9 Å². The average Bonchev–Trinajstić information content (AvgIpc) is 3.24. The van der Waals surface area contributed by atoms with Crippen molar-refractivity contribution in [2.24, 2.45) is 5.41 Å². The van der Waals surface area contributed by atoms with Gasteiger partial charge in [0.1, 0.15) is 5.82 Å². The van der Waals surface area contributed by atoms with Gasteiger partial charge in [-0.2, -0.15) is 0 Å². The summed E-state index contributed by atoms with van der Waals surface area (Å²) in [7, 11) is 1.86. The Morgan fingerprint density at radius 3 is 2.50 bits per heavy atom. The lowest BCUT2D eigenvalue weighted by Gasteiger charge is -2.40. The van der Waals surface area contributed by atoms with Gasteiger partial charge in [-0.1, -0.05) is 12.8 Å². The van der Waals surface area contributed by atoms with Gasteiger partial charge >= 0.3 is 5.97 Å². The minimum absolute atomic E-state index is 0.134. The highest BCUT2D eigenvalue weighted by molar-refractivity contribution is 5.88. The van der Waals surface area contributed by atoms with E-state index in [9.17, 15) is 9.59 Å². The number of nitrogens with one attached hydrogen (secondary N) is 3. The second kappa shape index (κ2) is 7.83. The first-order valence-electron chi connectivity index (χ1n) is 10.6. The first-order chi connectivity index (χ1) is 14.3. The molecule has 162 valence electrons. The molecule has 1 amide bonds. The van der Waals surface area contributed by atoms with Crippen LogP contribution in [0.25, 0.3) is 0 Å². The van der Waals surface area contributed by atoms with Crippen LogP contribution in [0.15, 0.2) is 35.8 Å². The highest BCUT2D eigenvalue weighted by Gasteiger charge is 2.43. The Morgan fingerprint density at radius 2 is 1.87 bits per heavy atom. The van der Waals surface area contributed by atoms with Crippen molar-refractivity contribution >= 4 is 17.6 Å². The zero-order chi connectivity index (χ0) is 21.5. The van der Waals surface area contributed by atoms with Crippen LogP contribution in [-0.2, 0) is 4.79 Å². The number of benzene rings is 1. The Balaban J connectivity index is 1.59. The summed E-state index contributed by atoms with van der Waals surface area (Å²) in [5, 5.41) is 19.4. The largest absolute Gasteiger partial charge is 0.478 e. The molecule has 2 heterocycles. The minimum atomic E-state index is -0.939. The molecule has 0 radical (unpaired) electrons. The molecule has 1 saturated carbocycles. The van der Waals surface area contributed by atoms with Crippen molar-refractivity contribution in [3.63, 3.8) is 0 Å². The highest BCUT2D eigenvalue weighted by atomic mass is 16.4. The van der Waals surface area contributed by atoms with Gasteiger partial charge in [-0.15, -0.1) is 0 Å². The van der Waals surface area contributed by atoms with E-state index in [0.717, 1.165) is 30.0 Å². The second-order valence-corrected chi connectivity index (χ2v) is 9.09. The predicted octanol–water partition coefficient (Wildman–Crippen LogP) is 2.18. The van der Waals surface area contributed by atoms with E-state index >= 15 is 0 Å². The average molecular weight is 414 g/mol. The third-order valence-corrected chi connectivity index (χ3v) is 6.38. The van der Waals surface area contributed by atoms with Crippen molar-refractivity contribution in [1.29, 1.82) is 0 Å². The molecule has 1 unspecified atom stereocenters. The lowest BCUT2D eigenvalue weighted by molar-refractivity contribution is -0.137. The van der Waals surface area contributed by atoms with Gasteiger partial charge in [0.15, 0.2) is 6.29 Å². The molecule has 8 heteroatoms. The Labute approximate surface area is 177 Å². The van der Waals surface area contributed by atoms with Crippen LogP contribution in [0.2, 0.25) is 0 Å². The highest BCUT2D eigenvalue weighted by Crippen LogP contribution is 2.35. The summed E-state index contributed by atoms with van der Waals surface area (Å²) in [6, 6.07) is 7.14. The number of rotatable bonds is 4. The van der Waals surface area contributed by atoms with Crippen LogP contribution in [0, 0.1) is 5.41 Å². The zero-order valence-corrected chi connectivity index (χ0v) is 17.9. The monoisotopic (exact) mass is 413 g/mol. The maximum absolute atomic E-state index is 13.1. The number of aromatic carboxylic acids is 1. The van der Waals surface area contributed by atoms with Gasteiger partial charge in [-0.25, -0.2) is 4.79 Å². The van der Waals surface area contributed by atoms with E-state index in [1.165, 1.54) is 12.8 Å². The molecule has 4 N–H and O–H groups in total. The van der Waals surface area contributed by atoms with Gasteiger partial charge in [0, 0.05) is 31.9 Å². The fourth-order valence-electron chi connectivity index (χ4n) is 4.72. The van der Waals surface area contributed by atoms with Crippen LogP contribution in [0.4, 0.5) is 5.69 Å². The van der Waals surface area contributed by atoms with Gasteiger partial charge < -0.3 is 25.5 Å². The van der Waals surface area contributed by atoms with E-state index in [2.05, 4.69) is 20.9 Å². The summed E-state index contributed by atoms with van der Waals surface area (Å²) in [5.74, 6) is 0.211. The molecule has 0 saturated heterocycles. The van der Waals surface area contributed by atoms with E-state index < -0.39 is 11.4 Å². The Kier molecular flexibility index (Phi) is 5.36. The van der Waals surface area contributed by atoms with Gasteiger partial charge in [0.25, 0.3) is 0 Å². The van der Waals surface area contributed by atoms with Crippen LogP contribution in [0.3, 0.4) is 0 Å². The van der Waals surface area contributed by atoms with Crippen LogP contribution >= 0.6 is 0 Å². The van der Waals surface area contributed by atoms with E-state index in [1.807, 2.05) is 20.9 Å². The molecule has 8 nitrogen and oxygen atoms in total. The zero-order valence-electron chi connectivity index (χ0n) is 17.9. The van der Waals surface area contributed by atoms with E-state index in [4.69, 9.17) is 5.11 Å². The summed E-state index contributed by atoms with van der Waals surface area (Å²) in [6.45, 7) is 5.31. The number of hydrogen-bond donors (Lipinski definition) is 4. The molecule has 0 spiro atoms. The number of anilines is 1. The number of carboxylic acid groups (broad SMARTS) is 1. The van der Waals surface area contributed by atoms with Crippen molar-refractivity contribution in [2.75, 3.05) is 25.5 Å². The van der Waals surface area contributed by atoms with Crippen LogP contribution in [-0.4, -0.2) is 59.3 Å². The molecule has 2 aliphatic heterocycles. The third-order valence-electron chi connectivity index (χ3n) is 6.38. The summed E-state index contributed by atoms with van der Waals surface area (Å²) in [6.07, 6.45) is 4.52. The van der Waals surface area contributed by atoms with Crippen LogP contribution in [0.5, 0.6) is 0 Å². The van der Waals surface area contributed by atoms with Crippen LogP contribution < -0.4 is 16.0 Å². The molecule has 4 rings (SSSR count). The maximum Gasteiger partial charge on any atom is 0.335 e. The topological polar surface area (TPSA) is 96.9 Å². The molecule has 1 aliphatic carbocycles. The van der Waals surface area contributed by atoms with Crippen molar-refractivity contribution in [1.82, 2.24) is 20.4 Å². The summed E-state index contributed by atoms with van der Waals surface area (Å²) >= 11 is 0. The van der Waals surface area contributed by atoms with E-state index in [-0.39, 0.29) is 17.8 Å². The fraction of sp³-hybridized carbons (Fsp3) is 0.545. The van der Waals surface area contributed by atoms with Gasteiger partial charge in [-0.3, -0.25) is 10.1 Å². The van der Waals surface area contributed by atoms with Crippen LogP contribution in [0.1, 0.15) is 49.9 Å². The first-order valence-corrected chi connectivity index (χ1v) is 10.6. The first kappa shape index (κ1) is 20.5. The van der Waals surface area contributed by atoms with Crippen molar-refractivity contribution in [3.05, 3.63) is 41.3 Å². The smallest absolute Gasteiger partial charge is 0.335 e. The number of carboxylic acids is 1. The molecular weight excluding hydrogens is 382 g/mol. The molecule has 0 bridgehead atoms. The van der Waals surface area contributed by atoms with Crippen molar-refractivity contribution in [3.8, 4) is 0 Å². The molecule has 0 aromatic heterocycles. The Bertz CT molecular complexity index is 858. The summed E-state index contributed by atoms with van der Waals surface area (Å²) < 4.78 is 0. The van der Waals surface area contributed by atoms with Crippen molar-refractivity contribution < 1.29 is 14.7 Å². The number of carbonyl (C=O) groups is 2. The lowest BCUT2D eigenvalue weighted by Crippen LogP contribution is -2.57. The molecule has 1 aromatic rings. The Morgan fingerprint density at radius 1 is 1.20 bits per heavy atom. The number of likely N-dealkylation sites (N-methyl/N-ethyl adjacent to an activating group) is 1. The fourth-order valence-corrected chi connectivity index (χ4v) is 4.72. The molecule has 1 aromatic carbocycles. The molecule has 3 aliphatic rings. The lowest BCUT2D eigenvalue weighted by atomic mass is 9.90. The second-order valence-electron chi connectivity index (χ2n) is 9.09. The predicted molar refractivity (Wildman–Crippen MR) is 114 cm³/mol. The van der Waals surface area contributed by atoms with Gasteiger partial charge in [0.05, 0.1) is 16.7 Å². The number of amides is 1.